The summed E-state index contributed by atoms with van der Waals surface area (Å²) in [5.74, 6) is -0.221. The standard InChI is InChI=1S/C18H18BrN5O4/c1-10-15(17(27)12-4-3-5-13(19)8-12)14(9-25)20-16(10)18-21-23-24(22-18)6-7-28-11(2)26/h3-5,8-9,20,23H,6-7H2,1-2H3,(H,21,22). The predicted molar refractivity (Wildman–Crippen MR) is 105 cm³/mol. The van der Waals surface area contributed by atoms with Gasteiger partial charge in [-0.15, -0.1) is 10.6 Å². The molecule has 3 rings (SSSR count). The molecule has 0 spiro atoms. The lowest BCUT2D eigenvalue weighted by atomic mass is 9.99. The number of carbonyl (C=O) groups is 3. The molecule has 0 aliphatic carbocycles. The van der Waals surface area contributed by atoms with E-state index < -0.39 is 0 Å². The number of nitrogens with one attached hydrogen (secondary N) is 3. The van der Waals surface area contributed by atoms with Crippen LogP contribution in [0.2, 0.25) is 0 Å². The minimum Gasteiger partial charge on any atom is -0.464 e. The normalized spacial score (nSPS) is 13.1. The van der Waals surface area contributed by atoms with Crippen molar-refractivity contribution in [3.63, 3.8) is 0 Å². The summed E-state index contributed by atoms with van der Waals surface area (Å²) < 4.78 is 5.65. The molecule has 0 unspecified atom stereocenters. The lowest BCUT2D eigenvalue weighted by Crippen LogP contribution is -2.40. The van der Waals surface area contributed by atoms with Crippen molar-refractivity contribution < 1.29 is 19.1 Å². The van der Waals surface area contributed by atoms with Crippen molar-refractivity contribution in [2.45, 2.75) is 13.8 Å². The third kappa shape index (κ3) is 4.12. The fourth-order valence-electron chi connectivity index (χ4n) is 2.79. The van der Waals surface area contributed by atoms with Crippen LogP contribution in [0.3, 0.4) is 0 Å². The van der Waals surface area contributed by atoms with Gasteiger partial charge in [0.2, 0.25) is 0 Å². The van der Waals surface area contributed by atoms with Crippen molar-refractivity contribution in [3.8, 4) is 0 Å². The van der Waals surface area contributed by atoms with Gasteiger partial charge in [-0.25, -0.2) is 5.12 Å². The minimum absolute atomic E-state index is 0.163. The molecule has 2 aromatic rings. The summed E-state index contributed by atoms with van der Waals surface area (Å²) in [6.45, 7) is 3.56. The Balaban J connectivity index is 1.87. The van der Waals surface area contributed by atoms with Crippen molar-refractivity contribution in [2.24, 2.45) is 5.10 Å². The van der Waals surface area contributed by atoms with Gasteiger partial charge < -0.3 is 9.72 Å². The maximum absolute atomic E-state index is 13.0. The van der Waals surface area contributed by atoms with Crippen LogP contribution in [0.5, 0.6) is 0 Å². The van der Waals surface area contributed by atoms with E-state index in [1.165, 1.54) is 12.0 Å². The topological polar surface area (TPSA) is 116 Å². The molecule has 3 N–H and O–H groups in total. The van der Waals surface area contributed by atoms with E-state index in [0.717, 1.165) is 4.47 Å². The molecule has 0 saturated heterocycles. The Kier molecular flexibility index (Phi) is 5.90. The smallest absolute Gasteiger partial charge is 0.302 e. The maximum atomic E-state index is 13.0. The average Bonchev–Trinajstić information content (AvgIpc) is 3.25. The summed E-state index contributed by atoms with van der Waals surface area (Å²) in [5, 5.41) is 5.77. The predicted octanol–water partition coefficient (Wildman–Crippen LogP) is 1.68. The van der Waals surface area contributed by atoms with E-state index in [-0.39, 0.29) is 24.1 Å². The van der Waals surface area contributed by atoms with Crippen molar-refractivity contribution in [1.82, 2.24) is 21.1 Å². The number of carbonyl (C=O) groups excluding carboxylic acids is 3. The van der Waals surface area contributed by atoms with Gasteiger partial charge in [0.25, 0.3) is 0 Å². The van der Waals surface area contributed by atoms with E-state index in [0.29, 0.717) is 41.1 Å². The van der Waals surface area contributed by atoms with Crippen LogP contribution in [-0.2, 0) is 9.53 Å². The van der Waals surface area contributed by atoms with Crippen molar-refractivity contribution in [2.75, 3.05) is 13.2 Å². The van der Waals surface area contributed by atoms with Crippen LogP contribution in [0.4, 0.5) is 0 Å². The van der Waals surface area contributed by atoms with Crippen LogP contribution in [0.25, 0.3) is 0 Å². The monoisotopic (exact) mass is 447 g/mol. The Labute approximate surface area is 169 Å². The number of benzene rings is 1. The maximum Gasteiger partial charge on any atom is 0.302 e. The molecule has 0 atom stereocenters. The average molecular weight is 448 g/mol. The highest BCUT2D eigenvalue weighted by Gasteiger charge is 2.26. The van der Waals surface area contributed by atoms with E-state index in [2.05, 4.69) is 37.0 Å². The number of hydrogen-bond acceptors (Lipinski definition) is 8. The van der Waals surface area contributed by atoms with Crippen LogP contribution >= 0.6 is 15.9 Å². The third-order valence-electron chi connectivity index (χ3n) is 4.08. The Morgan fingerprint density at radius 2 is 2.14 bits per heavy atom. The SMILES string of the molecule is CC(=O)OCCN1N=C(c2[nH]c(C=O)c(C(=O)c3cccc(Br)c3)c2C)NN1. The number of hydrogen-bond donors (Lipinski definition) is 3. The molecule has 0 saturated carbocycles. The highest BCUT2D eigenvalue weighted by molar-refractivity contribution is 9.10. The molecule has 10 heteroatoms. The number of rotatable bonds is 7. The van der Waals surface area contributed by atoms with Gasteiger partial charge in [0.15, 0.2) is 17.9 Å². The highest BCUT2D eigenvalue weighted by Crippen LogP contribution is 2.23. The van der Waals surface area contributed by atoms with Gasteiger partial charge >= 0.3 is 5.97 Å². The minimum atomic E-state index is -0.372. The zero-order chi connectivity index (χ0) is 20.3. The molecule has 1 aromatic heterocycles. The van der Waals surface area contributed by atoms with Gasteiger partial charge in [-0.05, 0) is 24.6 Å². The number of H-pyrrole nitrogens is 1. The number of nitrogens with zero attached hydrogens (tertiary/aromatic N) is 2. The first-order chi connectivity index (χ1) is 13.4. The van der Waals surface area contributed by atoms with Gasteiger partial charge in [-0.1, -0.05) is 28.1 Å². The zero-order valence-electron chi connectivity index (χ0n) is 15.2. The van der Waals surface area contributed by atoms with Crippen LogP contribution in [0, 0.1) is 6.92 Å². The molecule has 1 aliphatic heterocycles. The van der Waals surface area contributed by atoms with E-state index in [1.807, 2.05) is 6.07 Å². The lowest BCUT2D eigenvalue weighted by Gasteiger charge is -2.11. The second kappa shape index (κ2) is 8.36. The number of amidine groups is 1. The largest absolute Gasteiger partial charge is 0.464 e. The summed E-state index contributed by atoms with van der Waals surface area (Å²) >= 11 is 3.35. The van der Waals surface area contributed by atoms with E-state index in [1.54, 1.807) is 25.1 Å². The fraction of sp³-hybridized carbons (Fsp3) is 0.222. The number of halogens is 1. The number of aromatic amines is 1. The van der Waals surface area contributed by atoms with Gasteiger partial charge in [0.1, 0.15) is 6.61 Å². The number of aldehydes is 1. The van der Waals surface area contributed by atoms with Crippen LogP contribution in [0.1, 0.15) is 44.6 Å². The molecular weight excluding hydrogens is 430 g/mol. The summed E-state index contributed by atoms with van der Waals surface area (Å²) in [4.78, 5) is 38.3. The Hall–Kier alpha value is -2.98. The van der Waals surface area contributed by atoms with Crippen molar-refractivity contribution in [3.05, 3.63) is 56.8 Å². The molecular formula is C18H18BrN5O4. The number of hydrazone groups is 1. The molecule has 146 valence electrons. The molecule has 28 heavy (non-hydrogen) atoms. The Morgan fingerprint density at radius 3 is 2.82 bits per heavy atom. The highest BCUT2D eigenvalue weighted by atomic mass is 79.9. The zero-order valence-corrected chi connectivity index (χ0v) is 16.8. The number of ketones is 1. The summed E-state index contributed by atoms with van der Waals surface area (Å²) in [7, 11) is 0. The van der Waals surface area contributed by atoms with Gasteiger partial charge in [0, 0.05) is 17.0 Å². The second-order valence-corrected chi connectivity index (χ2v) is 6.94. The molecule has 9 nitrogen and oxygen atoms in total. The summed E-state index contributed by atoms with van der Waals surface area (Å²) in [6, 6.07) is 6.97. The lowest BCUT2D eigenvalue weighted by molar-refractivity contribution is -0.141. The molecule has 0 fully saturated rings. The summed E-state index contributed by atoms with van der Waals surface area (Å²) in [5.41, 5.74) is 7.74. The molecule has 1 aliphatic rings. The third-order valence-corrected chi connectivity index (χ3v) is 4.57. The first-order valence-electron chi connectivity index (χ1n) is 8.40. The number of esters is 1. The van der Waals surface area contributed by atoms with E-state index >= 15 is 0 Å². The molecule has 0 amide bonds. The van der Waals surface area contributed by atoms with Crippen LogP contribution in [0.15, 0.2) is 33.8 Å². The van der Waals surface area contributed by atoms with E-state index in [4.69, 9.17) is 4.74 Å². The first-order valence-corrected chi connectivity index (χ1v) is 9.19. The van der Waals surface area contributed by atoms with Crippen LogP contribution in [-0.4, -0.2) is 47.1 Å². The second-order valence-electron chi connectivity index (χ2n) is 6.02. The van der Waals surface area contributed by atoms with Crippen molar-refractivity contribution >= 4 is 39.8 Å². The Bertz CT molecular complexity index is 969. The molecule has 1 aromatic carbocycles. The fourth-order valence-corrected chi connectivity index (χ4v) is 3.19. The number of hydrazine groups is 2. The van der Waals surface area contributed by atoms with Crippen LogP contribution < -0.4 is 11.0 Å². The molecule has 2 heterocycles. The first kappa shape index (κ1) is 19.8. The molecule has 0 bridgehead atoms. The quantitative estimate of drug-likeness (QED) is 0.335. The van der Waals surface area contributed by atoms with Gasteiger partial charge in [0.05, 0.1) is 23.5 Å². The van der Waals surface area contributed by atoms with Gasteiger partial charge in [-0.3, -0.25) is 19.8 Å². The summed E-state index contributed by atoms with van der Waals surface area (Å²) in [6.07, 6.45) is 0.614. The number of aromatic nitrogens is 1. The molecule has 0 radical (unpaired) electrons. The van der Waals surface area contributed by atoms with Gasteiger partial charge in [-0.2, -0.15) is 0 Å². The van der Waals surface area contributed by atoms with E-state index in [9.17, 15) is 14.4 Å². The Morgan fingerprint density at radius 1 is 1.36 bits per heavy atom. The van der Waals surface area contributed by atoms with Crippen molar-refractivity contribution in [1.29, 1.82) is 0 Å². The number of ether oxygens (including phenoxy) is 1.